The molecular formula is C24H29N5O5S. The highest BCUT2D eigenvalue weighted by atomic mass is 32.2. The number of aryl methyl sites for hydroxylation is 1. The van der Waals surface area contributed by atoms with E-state index in [1.54, 1.807) is 6.07 Å². The lowest BCUT2D eigenvalue weighted by Gasteiger charge is -2.19. The lowest BCUT2D eigenvalue weighted by Crippen LogP contribution is -2.44. The van der Waals surface area contributed by atoms with Crippen molar-refractivity contribution in [2.45, 2.75) is 38.8 Å². The Bertz CT molecular complexity index is 1270. The Morgan fingerprint density at radius 1 is 1.06 bits per heavy atom. The Kier molecular flexibility index (Phi) is 9.12. The summed E-state index contributed by atoms with van der Waals surface area (Å²) in [5.74, 6) is -0.420. The number of nitrogens with two attached hydrogens (primary N) is 1. The maximum atomic E-state index is 13.2. The predicted octanol–water partition coefficient (Wildman–Crippen LogP) is 2.74. The average Bonchev–Trinajstić information content (AvgIpc) is 2.81. The number of nitrogens with zero attached hydrogens (tertiary/aromatic N) is 1. The summed E-state index contributed by atoms with van der Waals surface area (Å²) in [6.45, 7) is 2.02. The Labute approximate surface area is 204 Å². The van der Waals surface area contributed by atoms with Gasteiger partial charge in [-0.1, -0.05) is 48.5 Å². The zero-order chi connectivity index (χ0) is 25.3. The fraction of sp³-hybridized carbons (Fsp3) is 0.292. The number of alkyl carbamates (subject to hydrolysis) is 1. The van der Waals surface area contributed by atoms with Crippen molar-refractivity contribution in [3.8, 4) is 0 Å². The monoisotopic (exact) mass is 499 g/mol. The van der Waals surface area contributed by atoms with Crippen LogP contribution in [0.2, 0.25) is 0 Å². The Balaban J connectivity index is 1.67. The summed E-state index contributed by atoms with van der Waals surface area (Å²) >= 11 is 0. The second-order valence-electron chi connectivity index (χ2n) is 8.01. The smallest absolute Gasteiger partial charge is 0.408 e. The Hall–Kier alpha value is -3.54. The van der Waals surface area contributed by atoms with Crippen LogP contribution in [-0.2, 0) is 26.3 Å². The molecule has 2 amide bonds. The molecule has 186 valence electrons. The topological polar surface area (TPSA) is 153 Å². The number of carbonyl (C=O) groups excluding carboxylic acids is 2. The standard InChI is InChI=1S/C24H29N5O5S/c1-17-15-22(19-11-5-6-12-20(19)27-17)28-23(30)21(13-7-8-14-26-35(25,32)33)29-24(31)34-16-18-9-3-2-4-10-18/h2-6,9-12,15,21,26H,7-8,13-14,16H2,1H3,(H,29,31)(H2,25,32,33)(H,27,28,30)/t21-/m0/s1. The number of aromatic nitrogens is 1. The van der Waals surface area contributed by atoms with Crippen molar-refractivity contribution in [2.75, 3.05) is 11.9 Å². The van der Waals surface area contributed by atoms with Gasteiger partial charge in [0.25, 0.3) is 10.2 Å². The quantitative estimate of drug-likeness (QED) is 0.298. The number of benzene rings is 2. The fourth-order valence-corrected chi connectivity index (χ4v) is 3.92. The van der Waals surface area contributed by atoms with Gasteiger partial charge in [-0.15, -0.1) is 0 Å². The van der Waals surface area contributed by atoms with Crippen LogP contribution in [0, 0.1) is 6.92 Å². The Morgan fingerprint density at radius 3 is 2.51 bits per heavy atom. The van der Waals surface area contributed by atoms with Crippen LogP contribution in [0.1, 0.15) is 30.5 Å². The summed E-state index contributed by atoms with van der Waals surface area (Å²) in [5, 5.41) is 11.2. The molecule has 1 aromatic heterocycles. The van der Waals surface area contributed by atoms with Crippen LogP contribution in [-0.4, -0.2) is 38.0 Å². The number of unbranched alkanes of at least 4 members (excludes halogenated alkanes) is 1. The van der Waals surface area contributed by atoms with Crippen molar-refractivity contribution in [2.24, 2.45) is 5.14 Å². The van der Waals surface area contributed by atoms with E-state index in [2.05, 4.69) is 20.3 Å². The van der Waals surface area contributed by atoms with E-state index in [0.29, 0.717) is 18.5 Å². The van der Waals surface area contributed by atoms with E-state index >= 15 is 0 Å². The zero-order valence-corrected chi connectivity index (χ0v) is 20.2. The first kappa shape index (κ1) is 26.1. The highest BCUT2D eigenvalue weighted by Crippen LogP contribution is 2.23. The summed E-state index contributed by atoms with van der Waals surface area (Å²) in [5.41, 5.74) is 2.87. The van der Waals surface area contributed by atoms with E-state index in [9.17, 15) is 18.0 Å². The number of anilines is 1. The molecule has 0 saturated heterocycles. The molecule has 1 atom stereocenters. The third kappa shape index (κ3) is 8.63. The van der Waals surface area contributed by atoms with Crippen molar-refractivity contribution in [1.29, 1.82) is 0 Å². The molecule has 10 nitrogen and oxygen atoms in total. The molecule has 0 aliphatic heterocycles. The van der Waals surface area contributed by atoms with Gasteiger partial charge >= 0.3 is 6.09 Å². The number of hydrogen-bond donors (Lipinski definition) is 4. The van der Waals surface area contributed by atoms with E-state index in [0.717, 1.165) is 22.2 Å². The number of ether oxygens (including phenoxy) is 1. The minimum atomic E-state index is -3.78. The van der Waals surface area contributed by atoms with Gasteiger partial charge in [0.1, 0.15) is 12.6 Å². The van der Waals surface area contributed by atoms with Crippen LogP contribution in [0.4, 0.5) is 10.5 Å². The maximum absolute atomic E-state index is 13.2. The highest BCUT2D eigenvalue weighted by Gasteiger charge is 2.22. The molecule has 2 aromatic carbocycles. The third-order valence-corrected chi connectivity index (χ3v) is 5.75. The fourth-order valence-electron chi connectivity index (χ4n) is 3.49. The number of nitrogens with one attached hydrogen (secondary N) is 3. The molecule has 5 N–H and O–H groups in total. The minimum absolute atomic E-state index is 0.0630. The molecule has 0 bridgehead atoms. The van der Waals surface area contributed by atoms with Gasteiger partial charge in [0.05, 0.1) is 11.2 Å². The second kappa shape index (κ2) is 12.2. The summed E-state index contributed by atoms with van der Waals surface area (Å²) in [7, 11) is -3.78. The van der Waals surface area contributed by atoms with Gasteiger partial charge in [-0.25, -0.2) is 14.7 Å². The molecule has 0 radical (unpaired) electrons. The van der Waals surface area contributed by atoms with Crippen molar-refractivity contribution in [1.82, 2.24) is 15.0 Å². The second-order valence-corrected chi connectivity index (χ2v) is 9.39. The molecule has 0 aliphatic rings. The van der Waals surface area contributed by atoms with Crippen LogP contribution in [0.3, 0.4) is 0 Å². The molecule has 3 aromatic rings. The summed E-state index contributed by atoms with van der Waals surface area (Å²) < 4.78 is 29.5. The number of pyridine rings is 1. The van der Waals surface area contributed by atoms with Crippen molar-refractivity contribution >= 4 is 38.8 Å². The number of hydrogen-bond acceptors (Lipinski definition) is 6. The highest BCUT2D eigenvalue weighted by molar-refractivity contribution is 7.87. The summed E-state index contributed by atoms with van der Waals surface area (Å²) in [6, 6.07) is 17.5. The van der Waals surface area contributed by atoms with Crippen LogP contribution < -0.4 is 20.5 Å². The average molecular weight is 500 g/mol. The summed E-state index contributed by atoms with van der Waals surface area (Å²) in [6.07, 6.45) is 0.418. The van der Waals surface area contributed by atoms with Gasteiger partial charge in [0, 0.05) is 17.6 Å². The lowest BCUT2D eigenvalue weighted by molar-refractivity contribution is -0.118. The van der Waals surface area contributed by atoms with E-state index in [1.165, 1.54) is 0 Å². The predicted molar refractivity (Wildman–Crippen MR) is 134 cm³/mol. The van der Waals surface area contributed by atoms with Gasteiger partial charge in [-0.05, 0) is 43.9 Å². The number of fused-ring (bicyclic) bond motifs is 1. The van der Waals surface area contributed by atoms with Crippen LogP contribution in [0.25, 0.3) is 10.9 Å². The molecule has 0 unspecified atom stereocenters. The third-order valence-electron chi connectivity index (χ3n) is 5.15. The van der Waals surface area contributed by atoms with E-state index in [1.807, 2.05) is 61.5 Å². The number of amides is 2. The molecule has 3 rings (SSSR count). The SMILES string of the molecule is Cc1cc(NC(=O)[C@H](CCCCNS(N)(=O)=O)NC(=O)OCc2ccccc2)c2ccccc2n1. The largest absolute Gasteiger partial charge is 0.445 e. The normalized spacial score (nSPS) is 12.2. The maximum Gasteiger partial charge on any atom is 0.408 e. The number of rotatable bonds is 11. The molecule has 0 aliphatic carbocycles. The molecule has 0 fully saturated rings. The van der Waals surface area contributed by atoms with Gasteiger partial charge in [0.2, 0.25) is 5.91 Å². The van der Waals surface area contributed by atoms with E-state index < -0.39 is 28.3 Å². The molecule has 11 heteroatoms. The molecule has 0 saturated carbocycles. The van der Waals surface area contributed by atoms with Crippen molar-refractivity contribution in [3.63, 3.8) is 0 Å². The molecular weight excluding hydrogens is 470 g/mol. The molecule has 0 spiro atoms. The minimum Gasteiger partial charge on any atom is -0.445 e. The lowest BCUT2D eigenvalue weighted by atomic mass is 10.1. The van der Waals surface area contributed by atoms with Crippen LogP contribution in [0.15, 0.2) is 60.7 Å². The number of para-hydroxylation sites is 1. The van der Waals surface area contributed by atoms with Gasteiger partial charge in [-0.3, -0.25) is 9.78 Å². The van der Waals surface area contributed by atoms with Crippen LogP contribution >= 0.6 is 0 Å². The number of carbonyl (C=O) groups is 2. The van der Waals surface area contributed by atoms with Gasteiger partial charge in [0.15, 0.2) is 0 Å². The molecule has 35 heavy (non-hydrogen) atoms. The van der Waals surface area contributed by atoms with Crippen molar-refractivity contribution < 1.29 is 22.7 Å². The molecule has 1 heterocycles. The van der Waals surface area contributed by atoms with Crippen LogP contribution in [0.5, 0.6) is 0 Å². The van der Waals surface area contributed by atoms with E-state index in [4.69, 9.17) is 9.88 Å². The first-order valence-corrected chi connectivity index (χ1v) is 12.7. The van der Waals surface area contributed by atoms with Gasteiger partial charge in [-0.2, -0.15) is 8.42 Å². The van der Waals surface area contributed by atoms with Gasteiger partial charge < -0.3 is 15.4 Å². The first-order chi connectivity index (χ1) is 16.7. The van der Waals surface area contributed by atoms with E-state index in [-0.39, 0.29) is 19.6 Å². The summed E-state index contributed by atoms with van der Waals surface area (Å²) in [4.78, 5) is 30.1. The first-order valence-electron chi connectivity index (χ1n) is 11.1. The zero-order valence-electron chi connectivity index (χ0n) is 19.4. The van der Waals surface area contributed by atoms with Crippen molar-refractivity contribution in [3.05, 3.63) is 71.9 Å². The Morgan fingerprint density at radius 2 is 1.77 bits per heavy atom.